The van der Waals surface area contributed by atoms with Crippen LogP contribution in [0.3, 0.4) is 0 Å². The predicted octanol–water partition coefficient (Wildman–Crippen LogP) is 5.48. The molecule has 96 valence electrons. The van der Waals surface area contributed by atoms with Crippen molar-refractivity contribution in [2.24, 2.45) is 0 Å². The minimum absolute atomic E-state index is 0.608. The second-order valence-electron chi connectivity index (χ2n) is 4.96. The van der Waals surface area contributed by atoms with Crippen molar-refractivity contribution in [2.45, 2.75) is 23.2 Å². The fourth-order valence-electron chi connectivity index (χ4n) is 2.63. The number of hydrogen-bond donors (Lipinski definition) is 0. The third-order valence-electron chi connectivity index (χ3n) is 3.58. The monoisotopic (exact) mass is 360 g/mol. The van der Waals surface area contributed by atoms with E-state index in [-0.39, 0.29) is 0 Å². The molecule has 0 aromatic heterocycles. The van der Waals surface area contributed by atoms with E-state index in [0.29, 0.717) is 3.92 Å². The Hall–Kier alpha value is -1.09. The highest BCUT2D eigenvalue weighted by Crippen LogP contribution is 2.36. The summed E-state index contributed by atoms with van der Waals surface area (Å²) in [6, 6.07) is 10.7. The topological polar surface area (TPSA) is 0 Å². The van der Waals surface area contributed by atoms with Gasteiger partial charge in [0, 0.05) is 3.92 Å². The Morgan fingerprint density at radius 1 is 0.947 bits per heavy atom. The van der Waals surface area contributed by atoms with Gasteiger partial charge in [-0.25, -0.2) is 0 Å². The second-order valence-corrected chi connectivity index (χ2v) is 6.56. The summed E-state index contributed by atoms with van der Waals surface area (Å²) in [5, 5.41) is 0. The summed E-state index contributed by atoms with van der Waals surface area (Å²) in [5.41, 5.74) is 5.53. The van der Waals surface area contributed by atoms with Crippen LogP contribution in [0.15, 0.2) is 71.9 Å². The van der Waals surface area contributed by atoms with Crippen LogP contribution in [0.5, 0.6) is 0 Å². The lowest BCUT2D eigenvalue weighted by molar-refractivity contribution is 1.01. The van der Waals surface area contributed by atoms with Crippen LogP contribution in [0.25, 0.3) is 5.57 Å². The quantitative estimate of drug-likeness (QED) is 0.484. The van der Waals surface area contributed by atoms with Crippen molar-refractivity contribution in [2.75, 3.05) is 0 Å². The van der Waals surface area contributed by atoms with Crippen LogP contribution >= 0.6 is 22.6 Å². The molecule has 0 radical (unpaired) electrons. The van der Waals surface area contributed by atoms with Crippen LogP contribution in [0.2, 0.25) is 0 Å². The van der Waals surface area contributed by atoms with E-state index in [1.54, 1.807) is 0 Å². The Morgan fingerprint density at radius 3 is 2.53 bits per heavy atom. The number of rotatable bonds is 2. The number of allylic oxidation sites excluding steroid dienone is 8. The van der Waals surface area contributed by atoms with Crippen molar-refractivity contribution in [1.29, 1.82) is 0 Å². The molecule has 2 aliphatic rings. The van der Waals surface area contributed by atoms with Gasteiger partial charge in [-0.3, -0.25) is 0 Å². The van der Waals surface area contributed by atoms with E-state index in [4.69, 9.17) is 0 Å². The lowest BCUT2D eigenvalue weighted by Crippen LogP contribution is -2.05. The maximum Gasteiger partial charge on any atom is 0.0333 e. The summed E-state index contributed by atoms with van der Waals surface area (Å²) in [7, 11) is 0. The van der Waals surface area contributed by atoms with Crippen molar-refractivity contribution in [3.63, 3.8) is 0 Å². The number of alkyl halides is 1. The number of benzene rings is 1. The van der Waals surface area contributed by atoms with E-state index < -0.39 is 0 Å². The molecule has 0 saturated carbocycles. The molecule has 3 rings (SSSR count). The van der Waals surface area contributed by atoms with E-state index in [1.165, 1.54) is 28.7 Å². The Morgan fingerprint density at radius 2 is 1.79 bits per heavy atom. The smallest absolute Gasteiger partial charge is 0.0333 e. The van der Waals surface area contributed by atoms with Crippen molar-refractivity contribution in [3.05, 3.63) is 77.4 Å². The molecule has 0 heterocycles. The molecular weight excluding hydrogens is 343 g/mol. The van der Waals surface area contributed by atoms with Gasteiger partial charge in [0.15, 0.2) is 0 Å². The van der Waals surface area contributed by atoms with E-state index >= 15 is 0 Å². The zero-order valence-corrected chi connectivity index (χ0v) is 13.0. The van der Waals surface area contributed by atoms with Gasteiger partial charge >= 0.3 is 0 Å². The van der Waals surface area contributed by atoms with Crippen LogP contribution < -0.4 is 0 Å². The first-order valence-corrected chi connectivity index (χ1v) is 8.08. The van der Waals surface area contributed by atoms with E-state index in [0.717, 1.165) is 12.8 Å². The molecule has 0 unspecified atom stereocenters. The van der Waals surface area contributed by atoms with Gasteiger partial charge in [0.05, 0.1) is 0 Å². The summed E-state index contributed by atoms with van der Waals surface area (Å²) in [5.74, 6) is 0. The van der Waals surface area contributed by atoms with Crippen molar-refractivity contribution in [1.82, 2.24) is 0 Å². The van der Waals surface area contributed by atoms with E-state index in [9.17, 15) is 0 Å². The molecule has 0 amide bonds. The predicted molar refractivity (Wildman–Crippen MR) is 91.4 cm³/mol. The molecule has 19 heavy (non-hydrogen) atoms. The SMILES string of the molecule is I[C@H]1C=C(C2=CCCC=C2)C(c2ccccc2)=CC1. The van der Waals surface area contributed by atoms with Crippen LogP contribution in [-0.2, 0) is 0 Å². The molecule has 2 aliphatic carbocycles. The van der Waals surface area contributed by atoms with Gasteiger partial charge in [0.2, 0.25) is 0 Å². The van der Waals surface area contributed by atoms with Crippen molar-refractivity contribution >= 4 is 28.2 Å². The molecule has 0 aliphatic heterocycles. The van der Waals surface area contributed by atoms with Gasteiger partial charge in [-0.2, -0.15) is 0 Å². The van der Waals surface area contributed by atoms with Gasteiger partial charge in [0.1, 0.15) is 0 Å². The third-order valence-corrected chi connectivity index (χ3v) is 4.44. The lowest BCUT2D eigenvalue weighted by Gasteiger charge is -2.21. The molecule has 0 N–H and O–H groups in total. The van der Waals surface area contributed by atoms with Gasteiger partial charge in [-0.05, 0) is 41.5 Å². The Bertz CT molecular complexity index is 573. The highest BCUT2D eigenvalue weighted by atomic mass is 127. The minimum atomic E-state index is 0.608. The van der Waals surface area contributed by atoms with Crippen molar-refractivity contribution < 1.29 is 0 Å². The van der Waals surface area contributed by atoms with Gasteiger partial charge < -0.3 is 0 Å². The zero-order valence-electron chi connectivity index (χ0n) is 10.9. The maximum absolute atomic E-state index is 2.53. The van der Waals surface area contributed by atoms with E-state index in [1.807, 2.05) is 0 Å². The number of halogens is 1. The second kappa shape index (κ2) is 5.91. The standard InChI is InChI=1S/C18H17I/c19-16-11-12-17(14-7-3-1-4-8-14)18(13-16)15-9-5-2-6-10-15/h1,3-5,7-10,12-13,16H,2,6,11H2/t16-/m1/s1. The Balaban J connectivity index is 2.01. The van der Waals surface area contributed by atoms with Gasteiger partial charge in [0.25, 0.3) is 0 Å². The zero-order chi connectivity index (χ0) is 13.1. The average Bonchev–Trinajstić information content (AvgIpc) is 2.49. The van der Waals surface area contributed by atoms with Crippen LogP contribution in [-0.4, -0.2) is 3.92 Å². The summed E-state index contributed by atoms with van der Waals surface area (Å²) < 4.78 is 0.608. The molecular formula is C18H17I. The largest absolute Gasteiger partial charge is 0.0836 e. The molecule has 0 fully saturated rings. The minimum Gasteiger partial charge on any atom is -0.0836 e. The first-order valence-electron chi connectivity index (χ1n) is 6.83. The van der Waals surface area contributed by atoms with Crippen LogP contribution in [0.1, 0.15) is 24.8 Å². The summed E-state index contributed by atoms with van der Waals surface area (Å²) in [6.45, 7) is 0. The molecule has 1 aromatic rings. The highest BCUT2D eigenvalue weighted by Gasteiger charge is 2.17. The summed E-state index contributed by atoms with van der Waals surface area (Å²) >= 11 is 2.53. The fourth-order valence-corrected chi connectivity index (χ4v) is 3.25. The normalized spacial score (nSPS) is 22.6. The first kappa shape index (κ1) is 12.9. The Labute approximate surface area is 128 Å². The summed E-state index contributed by atoms with van der Waals surface area (Å²) in [6.07, 6.45) is 15.2. The van der Waals surface area contributed by atoms with Gasteiger partial charge in [-0.1, -0.05) is 83.3 Å². The molecule has 0 saturated heterocycles. The van der Waals surface area contributed by atoms with Crippen LogP contribution in [0.4, 0.5) is 0 Å². The lowest BCUT2D eigenvalue weighted by atomic mass is 9.85. The van der Waals surface area contributed by atoms with E-state index in [2.05, 4.69) is 83.3 Å². The molecule has 0 nitrogen and oxygen atoms in total. The molecule has 1 atom stereocenters. The Kier molecular flexibility index (Phi) is 4.02. The highest BCUT2D eigenvalue weighted by molar-refractivity contribution is 14.1. The molecule has 0 bridgehead atoms. The summed E-state index contributed by atoms with van der Waals surface area (Å²) in [4.78, 5) is 0. The van der Waals surface area contributed by atoms with Crippen LogP contribution in [0, 0.1) is 0 Å². The fraction of sp³-hybridized carbons (Fsp3) is 0.222. The molecule has 1 aromatic carbocycles. The maximum atomic E-state index is 2.53. The van der Waals surface area contributed by atoms with Gasteiger partial charge in [-0.15, -0.1) is 0 Å². The first-order chi connectivity index (χ1) is 9.34. The molecule has 1 heteroatoms. The number of hydrogen-bond acceptors (Lipinski definition) is 0. The molecule has 0 spiro atoms. The third kappa shape index (κ3) is 2.92. The van der Waals surface area contributed by atoms with Crippen molar-refractivity contribution in [3.8, 4) is 0 Å². The average molecular weight is 360 g/mol.